The third-order valence-corrected chi connectivity index (χ3v) is 4.53. The zero-order chi connectivity index (χ0) is 19.7. The van der Waals surface area contributed by atoms with Gasteiger partial charge >= 0.3 is 5.97 Å². The second kappa shape index (κ2) is 7.11. The van der Waals surface area contributed by atoms with Crippen molar-refractivity contribution >= 4 is 17.8 Å². The molecule has 2 aromatic carbocycles. The molecule has 7 heteroatoms. The smallest absolute Gasteiger partial charge is 0.329 e. The number of hydrogen-bond donors (Lipinski definition) is 0. The molecule has 0 unspecified atom stereocenters. The molecule has 0 spiro atoms. The van der Waals surface area contributed by atoms with E-state index in [2.05, 4.69) is 5.16 Å². The van der Waals surface area contributed by atoms with Gasteiger partial charge in [0.2, 0.25) is 0 Å². The second-order valence-electron chi connectivity index (χ2n) is 6.36. The summed E-state index contributed by atoms with van der Waals surface area (Å²) < 4.78 is 10.5. The van der Waals surface area contributed by atoms with Gasteiger partial charge in [-0.25, -0.2) is 4.79 Å². The lowest BCUT2D eigenvalue weighted by atomic mass is 10.1. The van der Waals surface area contributed by atoms with Crippen LogP contribution >= 0.6 is 0 Å². The van der Waals surface area contributed by atoms with Gasteiger partial charge in [-0.05, 0) is 19.1 Å². The molecule has 2 heterocycles. The fourth-order valence-corrected chi connectivity index (χ4v) is 3.05. The van der Waals surface area contributed by atoms with Crippen LogP contribution in [0.5, 0.6) is 0 Å². The number of imide groups is 1. The Labute approximate surface area is 160 Å². The quantitative estimate of drug-likeness (QED) is 0.502. The van der Waals surface area contributed by atoms with Gasteiger partial charge in [-0.2, -0.15) is 0 Å². The van der Waals surface area contributed by atoms with Crippen LogP contribution in [0.15, 0.2) is 65.2 Å². The highest BCUT2D eigenvalue weighted by Crippen LogP contribution is 2.25. The molecule has 2 amide bonds. The number of benzene rings is 2. The Morgan fingerprint density at radius 2 is 1.64 bits per heavy atom. The summed E-state index contributed by atoms with van der Waals surface area (Å²) in [6.45, 7) is 1.34. The molecule has 0 fully saturated rings. The predicted octanol–water partition coefficient (Wildman–Crippen LogP) is 3.07. The van der Waals surface area contributed by atoms with Crippen LogP contribution in [0.2, 0.25) is 0 Å². The molecule has 0 saturated heterocycles. The Bertz CT molecular complexity index is 1020. The van der Waals surface area contributed by atoms with Gasteiger partial charge in [0.05, 0.1) is 11.1 Å². The Balaban J connectivity index is 1.42. The van der Waals surface area contributed by atoms with Crippen LogP contribution < -0.4 is 0 Å². The predicted molar refractivity (Wildman–Crippen MR) is 98.1 cm³/mol. The number of nitrogens with zero attached hydrogens (tertiary/aromatic N) is 2. The minimum atomic E-state index is -1.05. The Kier molecular flexibility index (Phi) is 4.49. The molecule has 0 bridgehead atoms. The molecule has 0 N–H and O–H groups in total. The lowest BCUT2D eigenvalue weighted by Gasteiger charge is -2.20. The van der Waals surface area contributed by atoms with Crippen LogP contribution in [-0.2, 0) is 16.1 Å². The van der Waals surface area contributed by atoms with Crippen molar-refractivity contribution in [2.24, 2.45) is 0 Å². The molecule has 1 aromatic heterocycles. The molecular weight excluding hydrogens is 360 g/mol. The molecule has 140 valence electrons. The molecule has 1 atom stereocenters. The van der Waals surface area contributed by atoms with Crippen molar-refractivity contribution in [2.45, 2.75) is 19.6 Å². The average molecular weight is 376 g/mol. The molecule has 0 saturated carbocycles. The number of rotatable bonds is 5. The Hall–Kier alpha value is -3.74. The minimum absolute atomic E-state index is 0.122. The van der Waals surface area contributed by atoms with E-state index in [1.54, 1.807) is 30.3 Å². The van der Waals surface area contributed by atoms with E-state index in [-0.39, 0.29) is 17.7 Å². The monoisotopic (exact) mass is 376 g/mol. The molecule has 4 rings (SSSR count). The van der Waals surface area contributed by atoms with E-state index in [4.69, 9.17) is 9.26 Å². The van der Waals surface area contributed by atoms with Crippen molar-refractivity contribution in [1.82, 2.24) is 10.1 Å². The maximum atomic E-state index is 12.5. The zero-order valence-electron chi connectivity index (χ0n) is 15.0. The van der Waals surface area contributed by atoms with E-state index in [1.165, 1.54) is 6.92 Å². The summed E-state index contributed by atoms with van der Waals surface area (Å²) in [6, 6.07) is 16.5. The van der Waals surface area contributed by atoms with E-state index < -0.39 is 23.8 Å². The Morgan fingerprint density at radius 1 is 1.04 bits per heavy atom. The van der Waals surface area contributed by atoms with Crippen LogP contribution in [-0.4, -0.2) is 33.9 Å². The van der Waals surface area contributed by atoms with Crippen molar-refractivity contribution < 1.29 is 23.6 Å². The van der Waals surface area contributed by atoms with Gasteiger partial charge in [-0.15, -0.1) is 0 Å². The van der Waals surface area contributed by atoms with E-state index in [9.17, 15) is 14.4 Å². The molecule has 1 aliphatic rings. The zero-order valence-corrected chi connectivity index (χ0v) is 15.0. The van der Waals surface area contributed by atoms with Gasteiger partial charge in [0, 0.05) is 11.6 Å². The molecule has 3 aromatic rings. The number of ether oxygens (including phenoxy) is 1. The summed E-state index contributed by atoms with van der Waals surface area (Å²) >= 11 is 0. The highest BCUT2D eigenvalue weighted by atomic mass is 16.5. The van der Waals surface area contributed by atoms with Crippen LogP contribution in [0.1, 0.15) is 33.3 Å². The van der Waals surface area contributed by atoms with Gasteiger partial charge in [0.15, 0.2) is 5.76 Å². The summed E-state index contributed by atoms with van der Waals surface area (Å²) in [6.07, 6.45) is 0. The summed E-state index contributed by atoms with van der Waals surface area (Å²) in [5.41, 5.74) is 1.86. The van der Waals surface area contributed by atoms with E-state index in [0.29, 0.717) is 11.5 Å². The minimum Gasteiger partial charge on any atom is -0.458 e. The SMILES string of the molecule is C[C@@H](C(=O)OCc1cc(-c2ccccc2)on1)N1C(=O)c2ccccc2C1=O. The van der Waals surface area contributed by atoms with Gasteiger partial charge < -0.3 is 9.26 Å². The molecule has 7 nitrogen and oxygen atoms in total. The van der Waals surface area contributed by atoms with Crippen molar-refractivity contribution in [3.8, 4) is 11.3 Å². The first-order valence-electron chi connectivity index (χ1n) is 8.71. The van der Waals surface area contributed by atoms with Crippen molar-refractivity contribution in [3.05, 3.63) is 77.5 Å². The van der Waals surface area contributed by atoms with Gasteiger partial charge in [0.25, 0.3) is 11.8 Å². The fourth-order valence-electron chi connectivity index (χ4n) is 3.05. The number of hydrogen-bond acceptors (Lipinski definition) is 6. The summed E-state index contributed by atoms with van der Waals surface area (Å²) in [7, 11) is 0. The third kappa shape index (κ3) is 3.07. The molecule has 0 radical (unpaired) electrons. The summed E-state index contributed by atoms with van der Waals surface area (Å²) in [5.74, 6) is -1.14. The van der Waals surface area contributed by atoms with E-state index in [1.807, 2.05) is 30.3 Å². The van der Waals surface area contributed by atoms with Gasteiger partial charge in [-0.3, -0.25) is 14.5 Å². The average Bonchev–Trinajstić information content (AvgIpc) is 3.30. The van der Waals surface area contributed by atoms with Crippen LogP contribution in [0.4, 0.5) is 0 Å². The highest BCUT2D eigenvalue weighted by Gasteiger charge is 2.41. The first-order valence-corrected chi connectivity index (χ1v) is 8.71. The number of fused-ring (bicyclic) bond motifs is 1. The number of esters is 1. The highest BCUT2D eigenvalue weighted by molar-refractivity contribution is 6.22. The number of amides is 2. The van der Waals surface area contributed by atoms with E-state index >= 15 is 0 Å². The van der Waals surface area contributed by atoms with Crippen molar-refractivity contribution in [1.29, 1.82) is 0 Å². The second-order valence-corrected chi connectivity index (χ2v) is 6.36. The number of carbonyl (C=O) groups is 3. The Morgan fingerprint density at radius 3 is 2.29 bits per heavy atom. The molecule has 1 aliphatic heterocycles. The normalized spacial score (nSPS) is 14.1. The first kappa shape index (κ1) is 17.7. The number of carbonyl (C=O) groups excluding carboxylic acids is 3. The van der Waals surface area contributed by atoms with Crippen molar-refractivity contribution in [2.75, 3.05) is 0 Å². The molecule has 28 heavy (non-hydrogen) atoms. The lowest BCUT2D eigenvalue weighted by molar-refractivity contribution is -0.149. The first-order chi connectivity index (χ1) is 13.6. The summed E-state index contributed by atoms with van der Waals surface area (Å²) in [5, 5.41) is 3.88. The fraction of sp³-hybridized carbons (Fsp3) is 0.143. The van der Waals surface area contributed by atoms with E-state index in [0.717, 1.165) is 10.5 Å². The van der Waals surface area contributed by atoms with Crippen LogP contribution in [0, 0.1) is 0 Å². The largest absolute Gasteiger partial charge is 0.458 e. The van der Waals surface area contributed by atoms with Crippen molar-refractivity contribution in [3.63, 3.8) is 0 Å². The van der Waals surface area contributed by atoms with Gasteiger partial charge in [0.1, 0.15) is 18.3 Å². The van der Waals surface area contributed by atoms with Crippen LogP contribution in [0.3, 0.4) is 0 Å². The molecular formula is C21H16N2O5. The maximum absolute atomic E-state index is 12.5. The third-order valence-electron chi connectivity index (χ3n) is 4.53. The number of aromatic nitrogens is 1. The summed E-state index contributed by atoms with van der Waals surface area (Å²) in [4.78, 5) is 38.2. The van der Waals surface area contributed by atoms with Crippen LogP contribution in [0.25, 0.3) is 11.3 Å². The van der Waals surface area contributed by atoms with Gasteiger partial charge in [-0.1, -0.05) is 47.6 Å². The topological polar surface area (TPSA) is 89.7 Å². The molecule has 0 aliphatic carbocycles. The standard InChI is InChI=1S/C21H16N2O5/c1-13(23-19(24)16-9-5-6-10-17(16)20(23)25)21(26)27-12-15-11-18(28-22-15)14-7-3-2-4-8-14/h2-11,13H,12H2,1H3/t13-/m0/s1. The maximum Gasteiger partial charge on any atom is 0.329 e. The lowest BCUT2D eigenvalue weighted by Crippen LogP contribution is -2.43.